The van der Waals surface area contributed by atoms with E-state index in [2.05, 4.69) is 0 Å². The lowest BCUT2D eigenvalue weighted by atomic mass is 10.1. The lowest BCUT2D eigenvalue weighted by molar-refractivity contribution is -0.147. The first kappa shape index (κ1) is 12.5. The van der Waals surface area contributed by atoms with E-state index in [0.717, 1.165) is 4.90 Å². The molecular formula is C10H15NO5. The molecule has 6 nitrogen and oxygen atoms in total. The van der Waals surface area contributed by atoms with Gasteiger partial charge in [-0.15, -0.1) is 0 Å². The van der Waals surface area contributed by atoms with Crippen molar-refractivity contribution >= 4 is 18.0 Å². The SMILES string of the molecule is CC(C)(C)OC(=O)N1CC[C@H](C(=O)O)C1=O. The van der Waals surface area contributed by atoms with Crippen molar-refractivity contribution in [3.63, 3.8) is 0 Å². The van der Waals surface area contributed by atoms with Gasteiger partial charge in [-0.2, -0.15) is 0 Å². The highest BCUT2D eigenvalue weighted by Crippen LogP contribution is 2.20. The summed E-state index contributed by atoms with van der Waals surface area (Å²) < 4.78 is 4.99. The van der Waals surface area contributed by atoms with Crippen molar-refractivity contribution < 1.29 is 24.2 Å². The van der Waals surface area contributed by atoms with Gasteiger partial charge in [0.05, 0.1) is 0 Å². The zero-order valence-corrected chi connectivity index (χ0v) is 9.52. The summed E-state index contributed by atoms with van der Waals surface area (Å²) in [7, 11) is 0. The average Bonchev–Trinajstić information content (AvgIpc) is 2.43. The number of carboxylic acids is 1. The van der Waals surface area contributed by atoms with Crippen LogP contribution in [0.15, 0.2) is 0 Å². The second-order valence-corrected chi connectivity index (χ2v) is 4.65. The fraction of sp³-hybridized carbons (Fsp3) is 0.700. The Hall–Kier alpha value is -1.59. The number of ether oxygens (including phenoxy) is 1. The monoisotopic (exact) mass is 229 g/mol. The number of carbonyl (C=O) groups excluding carboxylic acids is 2. The van der Waals surface area contributed by atoms with Crippen LogP contribution in [-0.4, -0.2) is 40.1 Å². The van der Waals surface area contributed by atoms with Crippen molar-refractivity contribution in [2.75, 3.05) is 6.54 Å². The fourth-order valence-corrected chi connectivity index (χ4v) is 1.41. The molecule has 1 atom stereocenters. The van der Waals surface area contributed by atoms with Gasteiger partial charge in [-0.05, 0) is 27.2 Å². The Morgan fingerprint density at radius 2 is 2.00 bits per heavy atom. The molecule has 1 heterocycles. The van der Waals surface area contributed by atoms with E-state index >= 15 is 0 Å². The lowest BCUT2D eigenvalue weighted by Gasteiger charge is -2.23. The number of amides is 2. The Kier molecular flexibility index (Phi) is 3.21. The molecule has 0 spiro atoms. The number of carbonyl (C=O) groups is 3. The highest BCUT2D eigenvalue weighted by molar-refractivity contribution is 6.04. The maximum atomic E-state index is 11.5. The van der Waals surface area contributed by atoms with Crippen LogP contribution in [0, 0.1) is 5.92 Å². The minimum absolute atomic E-state index is 0.102. The van der Waals surface area contributed by atoms with Crippen LogP contribution in [0.1, 0.15) is 27.2 Å². The molecule has 1 aliphatic rings. The molecule has 1 rings (SSSR count). The van der Waals surface area contributed by atoms with Crippen LogP contribution in [0.5, 0.6) is 0 Å². The third-order valence-corrected chi connectivity index (χ3v) is 2.12. The molecule has 1 saturated heterocycles. The van der Waals surface area contributed by atoms with Crippen LogP contribution in [0.2, 0.25) is 0 Å². The summed E-state index contributed by atoms with van der Waals surface area (Å²) in [5.41, 5.74) is -0.696. The topological polar surface area (TPSA) is 83.9 Å². The third-order valence-electron chi connectivity index (χ3n) is 2.12. The number of nitrogens with zero attached hydrogens (tertiary/aromatic N) is 1. The van der Waals surface area contributed by atoms with Crippen molar-refractivity contribution in [3.8, 4) is 0 Å². The first-order chi connectivity index (χ1) is 7.22. The minimum Gasteiger partial charge on any atom is -0.481 e. The van der Waals surface area contributed by atoms with Crippen molar-refractivity contribution in [2.24, 2.45) is 5.92 Å². The molecule has 1 N–H and O–H groups in total. The van der Waals surface area contributed by atoms with Gasteiger partial charge < -0.3 is 9.84 Å². The molecule has 0 saturated carbocycles. The number of imide groups is 1. The van der Waals surface area contributed by atoms with Gasteiger partial charge in [0.1, 0.15) is 11.5 Å². The standard InChI is InChI=1S/C10H15NO5/c1-10(2,3)16-9(15)11-5-4-6(7(11)12)8(13)14/h6H,4-5H2,1-3H3,(H,13,14)/t6-/m0/s1. The lowest BCUT2D eigenvalue weighted by Crippen LogP contribution is -2.39. The third kappa shape index (κ3) is 2.71. The van der Waals surface area contributed by atoms with Crippen LogP contribution in [-0.2, 0) is 14.3 Å². The van der Waals surface area contributed by atoms with Crippen molar-refractivity contribution in [1.29, 1.82) is 0 Å². The zero-order valence-electron chi connectivity index (χ0n) is 9.52. The second-order valence-electron chi connectivity index (χ2n) is 4.65. The van der Waals surface area contributed by atoms with Crippen molar-refractivity contribution in [3.05, 3.63) is 0 Å². The Bertz CT molecular complexity index is 331. The molecule has 0 unspecified atom stereocenters. The van der Waals surface area contributed by atoms with Crippen LogP contribution in [0.3, 0.4) is 0 Å². The van der Waals surface area contributed by atoms with Gasteiger partial charge in [0, 0.05) is 6.54 Å². The summed E-state index contributed by atoms with van der Waals surface area (Å²) >= 11 is 0. The van der Waals surface area contributed by atoms with E-state index in [1.54, 1.807) is 20.8 Å². The highest BCUT2D eigenvalue weighted by atomic mass is 16.6. The van der Waals surface area contributed by atoms with Crippen molar-refractivity contribution in [1.82, 2.24) is 4.90 Å². The van der Waals surface area contributed by atoms with Crippen LogP contribution in [0.25, 0.3) is 0 Å². The second kappa shape index (κ2) is 4.11. The number of hydrogen-bond acceptors (Lipinski definition) is 4. The van der Waals surface area contributed by atoms with Gasteiger partial charge in [0.2, 0.25) is 5.91 Å². The van der Waals surface area contributed by atoms with E-state index in [1.165, 1.54) is 0 Å². The number of likely N-dealkylation sites (tertiary alicyclic amines) is 1. The minimum atomic E-state index is -1.20. The number of rotatable bonds is 1. The van der Waals surface area contributed by atoms with E-state index in [0.29, 0.717) is 0 Å². The van der Waals surface area contributed by atoms with Gasteiger partial charge in [-0.1, -0.05) is 0 Å². The summed E-state index contributed by atoms with van der Waals surface area (Å²) in [6.07, 6.45) is -0.630. The molecular weight excluding hydrogens is 214 g/mol. The molecule has 90 valence electrons. The highest BCUT2D eigenvalue weighted by Gasteiger charge is 2.41. The first-order valence-corrected chi connectivity index (χ1v) is 4.99. The molecule has 1 fully saturated rings. The summed E-state index contributed by atoms with van der Waals surface area (Å²) in [6, 6.07) is 0. The van der Waals surface area contributed by atoms with Crippen LogP contribution < -0.4 is 0 Å². The molecule has 0 bridgehead atoms. The van der Waals surface area contributed by atoms with Crippen LogP contribution >= 0.6 is 0 Å². The van der Waals surface area contributed by atoms with E-state index in [4.69, 9.17) is 9.84 Å². The maximum Gasteiger partial charge on any atom is 0.417 e. The smallest absolute Gasteiger partial charge is 0.417 e. The first-order valence-electron chi connectivity index (χ1n) is 4.99. The summed E-state index contributed by atoms with van der Waals surface area (Å²) in [5.74, 6) is -3.01. The van der Waals surface area contributed by atoms with Gasteiger partial charge in [-0.25, -0.2) is 9.69 Å². The van der Waals surface area contributed by atoms with Crippen molar-refractivity contribution in [2.45, 2.75) is 32.8 Å². The number of carboxylic acid groups (broad SMARTS) is 1. The van der Waals surface area contributed by atoms with E-state index in [-0.39, 0.29) is 13.0 Å². The molecule has 0 radical (unpaired) electrons. The summed E-state index contributed by atoms with van der Waals surface area (Å²) in [4.78, 5) is 34.6. The molecule has 0 aromatic heterocycles. The summed E-state index contributed by atoms with van der Waals surface area (Å²) in [6.45, 7) is 5.14. The Morgan fingerprint density at radius 3 is 2.38 bits per heavy atom. The fourth-order valence-electron chi connectivity index (χ4n) is 1.41. The molecule has 0 aliphatic carbocycles. The Labute approximate surface area is 93.2 Å². The zero-order chi connectivity index (χ0) is 12.5. The van der Waals surface area contributed by atoms with Gasteiger partial charge >= 0.3 is 12.1 Å². The van der Waals surface area contributed by atoms with E-state index < -0.39 is 29.5 Å². The molecule has 1 aliphatic heterocycles. The quantitative estimate of drug-likeness (QED) is 0.674. The number of hydrogen-bond donors (Lipinski definition) is 1. The van der Waals surface area contributed by atoms with Gasteiger partial charge in [0.25, 0.3) is 0 Å². The molecule has 0 aromatic rings. The maximum absolute atomic E-state index is 11.5. The molecule has 2 amide bonds. The normalized spacial score (nSPS) is 21.1. The van der Waals surface area contributed by atoms with Gasteiger partial charge in [0.15, 0.2) is 0 Å². The largest absolute Gasteiger partial charge is 0.481 e. The Balaban J connectivity index is 2.67. The van der Waals surface area contributed by atoms with Crippen LogP contribution in [0.4, 0.5) is 4.79 Å². The van der Waals surface area contributed by atoms with E-state index in [9.17, 15) is 14.4 Å². The van der Waals surface area contributed by atoms with Gasteiger partial charge in [-0.3, -0.25) is 9.59 Å². The predicted molar refractivity (Wildman–Crippen MR) is 53.7 cm³/mol. The molecule has 16 heavy (non-hydrogen) atoms. The Morgan fingerprint density at radius 1 is 1.44 bits per heavy atom. The average molecular weight is 229 g/mol. The number of aliphatic carboxylic acids is 1. The molecule has 6 heteroatoms. The molecule has 0 aromatic carbocycles. The summed E-state index contributed by atoms with van der Waals surface area (Å²) in [5, 5.41) is 8.72. The van der Waals surface area contributed by atoms with E-state index in [1.807, 2.05) is 0 Å². The predicted octanol–water partition coefficient (Wildman–Crippen LogP) is 0.855.